The second kappa shape index (κ2) is 4.99. The summed E-state index contributed by atoms with van der Waals surface area (Å²) in [4.78, 5) is 4.68. The average molecular weight is 327 g/mol. The van der Waals surface area contributed by atoms with E-state index >= 15 is 0 Å². The van der Waals surface area contributed by atoms with Crippen LogP contribution in [0.25, 0.3) is 11.0 Å². The molecule has 1 aromatic carbocycles. The van der Waals surface area contributed by atoms with Crippen molar-refractivity contribution in [1.29, 1.82) is 0 Å². The summed E-state index contributed by atoms with van der Waals surface area (Å²) in [6.07, 6.45) is 1.27. The minimum atomic E-state index is -2.97. The summed E-state index contributed by atoms with van der Waals surface area (Å²) < 4.78 is 26.1. The first-order chi connectivity index (χ1) is 9.86. The molecule has 0 saturated carbocycles. The van der Waals surface area contributed by atoms with Gasteiger partial charge >= 0.3 is 0 Å². The van der Waals surface area contributed by atoms with Crippen LogP contribution in [0.3, 0.4) is 0 Å². The molecular weight excluding hydrogens is 308 g/mol. The van der Waals surface area contributed by atoms with Gasteiger partial charge in [-0.15, -0.1) is 11.6 Å². The van der Waals surface area contributed by atoms with Gasteiger partial charge in [-0.2, -0.15) is 0 Å². The van der Waals surface area contributed by atoms with Crippen LogP contribution in [-0.4, -0.2) is 35.4 Å². The van der Waals surface area contributed by atoms with Crippen LogP contribution in [0.5, 0.6) is 0 Å². The van der Waals surface area contributed by atoms with Gasteiger partial charge in [0.1, 0.15) is 5.82 Å². The quantitative estimate of drug-likeness (QED) is 0.815. The van der Waals surface area contributed by atoms with E-state index in [0.29, 0.717) is 18.7 Å². The van der Waals surface area contributed by atoms with Gasteiger partial charge in [-0.3, -0.25) is 0 Å². The van der Waals surface area contributed by atoms with E-state index < -0.39 is 15.4 Å². The Morgan fingerprint density at radius 1 is 1.43 bits per heavy atom. The molecule has 4 nitrogen and oxygen atoms in total. The van der Waals surface area contributed by atoms with Gasteiger partial charge in [0.15, 0.2) is 9.84 Å². The SMILES string of the molecule is Cc1cccc2nc(CCCl)n(C3(C)CCS(=O)(=O)C3)c12. The van der Waals surface area contributed by atoms with Crippen LogP contribution < -0.4 is 0 Å². The van der Waals surface area contributed by atoms with E-state index in [9.17, 15) is 8.42 Å². The van der Waals surface area contributed by atoms with Gasteiger partial charge in [0.05, 0.1) is 28.1 Å². The van der Waals surface area contributed by atoms with Crippen LogP contribution >= 0.6 is 11.6 Å². The van der Waals surface area contributed by atoms with Crippen molar-refractivity contribution in [3.63, 3.8) is 0 Å². The van der Waals surface area contributed by atoms with Gasteiger partial charge in [-0.05, 0) is 31.9 Å². The maximum Gasteiger partial charge on any atom is 0.152 e. The number of aryl methyl sites for hydroxylation is 2. The third-order valence-electron chi connectivity index (χ3n) is 4.29. The molecule has 1 fully saturated rings. The smallest absolute Gasteiger partial charge is 0.152 e. The number of imidazole rings is 1. The highest BCUT2D eigenvalue weighted by Crippen LogP contribution is 2.36. The maximum absolute atomic E-state index is 12.0. The monoisotopic (exact) mass is 326 g/mol. The van der Waals surface area contributed by atoms with Crippen LogP contribution in [0.15, 0.2) is 18.2 Å². The van der Waals surface area contributed by atoms with Crippen molar-refractivity contribution in [2.75, 3.05) is 17.4 Å². The summed E-state index contributed by atoms with van der Waals surface area (Å²) in [7, 11) is -2.97. The average Bonchev–Trinajstić information content (AvgIpc) is 2.89. The number of halogens is 1. The summed E-state index contributed by atoms with van der Waals surface area (Å²) >= 11 is 5.91. The van der Waals surface area contributed by atoms with E-state index in [2.05, 4.69) is 9.55 Å². The molecule has 0 bridgehead atoms. The van der Waals surface area contributed by atoms with Crippen molar-refractivity contribution in [2.24, 2.45) is 0 Å². The van der Waals surface area contributed by atoms with Crippen LogP contribution in [0.2, 0.25) is 0 Å². The number of nitrogens with zero attached hydrogens (tertiary/aromatic N) is 2. The summed E-state index contributed by atoms with van der Waals surface area (Å²) in [5.41, 5.74) is 2.64. The molecule has 0 amide bonds. The zero-order valence-corrected chi connectivity index (χ0v) is 13.8. The van der Waals surface area contributed by atoms with E-state index in [4.69, 9.17) is 11.6 Å². The van der Waals surface area contributed by atoms with Crippen LogP contribution in [0.1, 0.15) is 24.7 Å². The lowest BCUT2D eigenvalue weighted by Crippen LogP contribution is -2.33. The zero-order valence-electron chi connectivity index (χ0n) is 12.3. The highest BCUT2D eigenvalue weighted by Gasteiger charge is 2.41. The number of hydrogen-bond acceptors (Lipinski definition) is 3. The summed E-state index contributed by atoms with van der Waals surface area (Å²) in [6, 6.07) is 5.99. The number of sulfone groups is 1. The summed E-state index contributed by atoms with van der Waals surface area (Å²) in [5, 5.41) is 0. The lowest BCUT2D eigenvalue weighted by molar-refractivity contribution is 0.364. The Balaban J connectivity index is 2.27. The predicted octanol–water partition coefficient (Wildman–Crippen LogP) is 2.66. The third-order valence-corrected chi connectivity index (χ3v) is 6.36. The third kappa shape index (κ3) is 2.46. The van der Waals surface area contributed by atoms with Gasteiger partial charge in [0.25, 0.3) is 0 Å². The number of benzene rings is 1. The number of aromatic nitrogens is 2. The van der Waals surface area contributed by atoms with Crippen LogP contribution in [0.4, 0.5) is 0 Å². The van der Waals surface area contributed by atoms with E-state index in [0.717, 1.165) is 22.4 Å². The fourth-order valence-electron chi connectivity index (χ4n) is 3.35. The van der Waals surface area contributed by atoms with E-state index in [-0.39, 0.29) is 11.5 Å². The summed E-state index contributed by atoms with van der Waals surface area (Å²) in [5.74, 6) is 1.78. The molecule has 114 valence electrons. The minimum absolute atomic E-state index is 0.176. The van der Waals surface area contributed by atoms with Crippen molar-refractivity contribution in [3.05, 3.63) is 29.6 Å². The fourth-order valence-corrected chi connectivity index (χ4v) is 5.63. The molecule has 1 saturated heterocycles. The molecule has 0 radical (unpaired) electrons. The molecule has 2 heterocycles. The van der Waals surface area contributed by atoms with E-state index in [1.54, 1.807) is 0 Å². The number of alkyl halides is 1. The first-order valence-electron chi connectivity index (χ1n) is 7.10. The highest BCUT2D eigenvalue weighted by atomic mass is 35.5. The Labute approximate surface area is 130 Å². The molecule has 2 aromatic rings. The Morgan fingerprint density at radius 2 is 2.19 bits per heavy atom. The summed E-state index contributed by atoms with van der Waals surface area (Å²) in [6.45, 7) is 4.06. The molecule has 1 aromatic heterocycles. The lowest BCUT2D eigenvalue weighted by Gasteiger charge is -2.28. The molecule has 1 atom stereocenters. The molecule has 1 aliphatic heterocycles. The van der Waals surface area contributed by atoms with Crippen molar-refractivity contribution in [3.8, 4) is 0 Å². The first-order valence-corrected chi connectivity index (χ1v) is 9.46. The maximum atomic E-state index is 12.0. The molecule has 1 aliphatic rings. The molecule has 1 unspecified atom stereocenters. The fraction of sp³-hybridized carbons (Fsp3) is 0.533. The lowest BCUT2D eigenvalue weighted by atomic mass is 10.00. The minimum Gasteiger partial charge on any atom is -0.321 e. The predicted molar refractivity (Wildman–Crippen MR) is 85.8 cm³/mol. The van der Waals surface area contributed by atoms with Crippen molar-refractivity contribution in [1.82, 2.24) is 9.55 Å². The highest BCUT2D eigenvalue weighted by molar-refractivity contribution is 7.91. The number of fused-ring (bicyclic) bond motifs is 1. The Hall–Kier alpha value is -1.07. The van der Waals surface area contributed by atoms with Crippen molar-refractivity contribution in [2.45, 2.75) is 32.2 Å². The molecule has 21 heavy (non-hydrogen) atoms. The van der Waals surface area contributed by atoms with Gasteiger partial charge in [-0.1, -0.05) is 12.1 Å². The van der Waals surface area contributed by atoms with E-state index in [1.807, 2.05) is 32.0 Å². The van der Waals surface area contributed by atoms with Crippen LogP contribution in [0, 0.1) is 6.92 Å². The first kappa shape index (κ1) is 14.9. The molecule has 3 rings (SSSR count). The van der Waals surface area contributed by atoms with Crippen molar-refractivity contribution >= 4 is 32.5 Å². The molecule has 6 heteroatoms. The Morgan fingerprint density at radius 3 is 2.81 bits per heavy atom. The Bertz CT molecular complexity index is 797. The number of rotatable bonds is 3. The zero-order chi connectivity index (χ0) is 15.3. The molecular formula is C15H19ClN2O2S. The van der Waals surface area contributed by atoms with Crippen LogP contribution in [-0.2, 0) is 21.8 Å². The number of hydrogen-bond donors (Lipinski definition) is 0. The standard InChI is InChI=1S/C15H19ClN2O2S/c1-11-4-3-5-12-14(11)18(13(17-12)6-8-16)15(2)7-9-21(19,20)10-15/h3-5H,6-10H2,1-2H3. The molecule has 0 spiro atoms. The Kier molecular flexibility index (Phi) is 3.53. The van der Waals surface area contributed by atoms with Gasteiger partial charge in [0, 0.05) is 12.3 Å². The molecule has 0 N–H and O–H groups in total. The topological polar surface area (TPSA) is 52.0 Å². The normalized spacial score (nSPS) is 24.7. The van der Waals surface area contributed by atoms with Gasteiger partial charge < -0.3 is 4.57 Å². The van der Waals surface area contributed by atoms with Gasteiger partial charge in [0.2, 0.25) is 0 Å². The van der Waals surface area contributed by atoms with Crippen molar-refractivity contribution < 1.29 is 8.42 Å². The van der Waals surface area contributed by atoms with E-state index in [1.165, 1.54) is 0 Å². The largest absolute Gasteiger partial charge is 0.321 e. The number of para-hydroxylation sites is 1. The second-order valence-electron chi connectivity index (χ2n) is 6.08. The second-order valence-corrected chi connectivity index (χ2v) is 8.65. The van der Waals surface area contributed by atoms with Gasteiger partial charge in [-0.25, -0.2) is 13.4 Å². The molecule has 0 aliphatic carbocycles.